The van der Waals surface area contributed by atoms with Crippen LogP contribution in [0.1, 0.15) is 5.56 Å². The van der Waals surface area contributed by atoms with Gasteiger partial charge in [-0.2, -0.15) is 5.10 Å². The molecule has 19 heavy (non-hydrogen) atoms. The van der Waals surface area contributed by atoms with Crippen LogP contribution in [0.3, 0.4) is 0 Å². The summed E-state index contributed by atoms with van der Waals surface area (Å²) in [6.07, 6.45) is 1.74. The second kappa shape index (κ2) is 7.06. The number of ether oxygens (including phenoxy) is 1. The second-order valence-corrected chi connectivity index (χ2v) is 4.55. The van der Waals surface area contributed by atoms with E-state index in [0.717, 1.165) is 31.9 Å². The molecule has 0 unspecified atom stereocenters. The molecule has 0 radical (unpaired) electrons. The third kappa shape index (κ3) is 4.18. The van der Waals surface area contributed by atoms with E-state index in [1.54, 1.807) is 13.3 Å². The summed E-state index contributed by atoms with van der Waals surface area (Å²) in [5.74, 6) is 0. The predicted molar refractivity (Wildman–Crippen MR) is 81.9 cm³/mol. The fourth-order valence-electron chi connectivity index (χ4n) is 1.81. The van der Waals surface area contributed by atoms with Crippen molar-refractivity contribution in [3.63, 3.8) is 0 Å². The number of hydrogen-bond acceptors (Lipinski definition) is 4. The van der Waals surface area contributed by atoms with Crippen LogP contribution >= 0.6 is 12.2 Å². The number of rotatable bonds is 3. The molecule has 1 fully saturated rings. The Morgan fingerprint density at radius 1 is 1.32 bits per heavy atom. The molecule has 2 rings (SSSR count). The average molecular weight is 278 g/mol. The van der Waals surface area contributed by atoms with Crippen LogP contribution in [0.2, 0.25) is 0 Å². The minimum Gasteiger partial charge on any atom is -0.378 e. The first-order valence-electron chi connectivity index (χ1n) is 6.23. The summed E-state index contributed by atoms with van der Waals surface area (Å²) in [4.78, 5) is 2.32. The van der Waals surface area contributed by atoms with Gasteiger partial charge in [0.1, 0.15) is 0 Å². The minimum atomic E-state index is 0.501. The van der Waals surface area contributed by atoms with E-state index >= 15 is 0 Å². The Kier molecular flexibility index (Phi) is 5.11. The Labute approximate surface area is 118 Å². The summed E-state index contributed by atoms with van der Waals surface area (Å²) in [6.45, 7) is 3.50. The van der Waals surface area contributed by atoms with Crippen LogP contribution in [0.25, 0.3) is 0 Å². The third-order valence-electron chi connectivity index (χ3n) is 2.88. The van der Waals surface area contributed by atoms with Crippen molar-refractivity contribution in [2.75, 3.05) is 38.3 Å². The number of thiocarbonyl (C=S) groups is 1. The monoisotopic (exact) mass is 278 g/mol. The maximum Gasteiger partial charge on any atom is 0.186 e. The van der Waals surface area contributed by atoms with E-state index in [1.165, 1.54) is 5.69 Å². The van der Waals surface area contributed by atoms with E-state index in [4.69, 9.17) is 17.0 Å². The summed E-state index contributed by atoms with van der Waals surface area (Å²) < 4.78 is 5.34. The molecule has 1 heterocycles. The lowest BCUT2D eigenvalue weighted by Gasteiger charge is -2.28. The van der Waals surface area contributed by atoms with Gasteiger partial charge in [0.15, 0.2) is 5.11 Å². The highest BCUT2D eigenvalue weighted by Crippen LogP contribution is 2.15. The Balaban J connectivity index is 1.92. The van der Waals surface area contributed by atoms with E-state index in [0.29, 0.717) is 5.11 Å². The standard InChI is InChI=1S/C13H18N4OS/c1-14-13(19)16-15-10-11-2-4-12(5-3-11)17-6-8-18-9-7-17/h2-5,10H,6-9H2,1H3,(H2,14,16,19)/b15-10+. The zero-order valence-electron chi connectivity index (χ0n) is 10.9. The highest BCUT2D eigenvalue weighted by Gasteiger charge is 2.10. The van der Waals surface area contributed by atoms with Crippen molar-refractivity contribution in [2.24, 2.45) is 5.10 Å². The quantitative estimate of drug-likeness (QED) is 0.490. The third-order valence-corrected chi connectivity index (χ3v) is 3.17. The molecule has 0 amide bonds. The van der Waals surface area contributed by atoms with Crippen molar-refractivity contribution in [1.82, 2.24) is 10.7 Å². The molecule has 2 N–H and O–H groups in total. The molecule has 5 nitrogen and oxygen atoms in total. The van der Waals surface area contributed by atoms with E-state index in [2.05, 4.69) is 32.9 Å². The molecule has 102 valence electrons. The van der Waals surface area contributed by atoms with Crippen LogP contribution in [0, 0.1) is 0 Å². The van der Waals surface area contributed by atoms with Gasteiger partial charge in [0, 0.05) is 25.8 Å². The topological polar surface area (TPSA) is 48.9 Å². The Hall–Kier alpha value is -1.66. The van der Waals surface area contributed by atoms with E-state index in [1.807, 2.05) is 12.1 Å². The summed E-state index contributed by atoms with van der Waals surface area (Å²) in [5, 5.41) is 7.33. The first-order chi connectivity index (χ1) is 9.29. The second-order valence-electron chi connectivity index (χ2n) is 4.14. The lowest BCUT2D eigenvalue weighted by Crippen LogP contribution is -2.36. The van der Waals surface area contributed by atoms with Gasteiger partial charge in [-0.05, 0) is 29.9 Å². The number of benzene rings is 1. The first kappa shape index (κ1) is 13.8. The number of anilines is 1. The maximum atomic E-state index is 5.34. The Bertz CT molecular complexity index is 440. The van der Waals surface area contributed by atoms with Gasteiger partial charge in [0.2, 0.25) is 0 Å². The highest BCUT2D eigenvalue weighted by atomic mass is 32.1. The molecule has 1 aliphatic rings. The molecule has 1 aromatic rings. The van der Waals surface area contributed by atoms with Crippen LogP contribution < -0.4 is 15.6 Å². The lowest BCUT2D eigenvalue weighted by molar-refractivity contribution is 0.122. The van der Waals surface area contributed by atoms with E-state index in [9.17, 15) is 0 Å². The summed E-state index contributed by atoms with van der Waals surface area (Å²) >= 11 is 4.92. The number of hydrazone groups is 1. The lowest BCUT2D eigenvalue weighted by atomic mass is 10.2. The molecule has 0 aliphatic carbocycles. The highest BCUT2D eigenvalue weighted by molar-refractivity contribution is 7.80. The summed E-state index contributed by atoms with van der Waals surface area (Å²) in [7, 11) is 1.75. The Morgan fingerprint density at radius 2 is 2.00 bits per heavy atom. The first-order valence-corrected chi connectivity index (χ1v) is 6.64. The van der Waals surface area contributed by atoms with Crippen LogP contribution in [-0.2, 0) is 4.74 Å². The molecule has 6 heteroatoms. The normalized spacial score (nSPS) is 15.5. The van der Waals surface area contributed by atoms with Crippen LogP contribution in [0.15, 0.2) is 29.4 Å². The van der Waals surface area contributed by atoms with Gasteiger partial charge < -0.3 is 15.0 Å². The molecule has 0 atom stereocenters. The molecule has 0 saturated carbocycles. The average Bonchev–Trinajstić information content (AvgIpc) is 2.48. The Morgan fingerprint density at radius 3 is 2.63 bits per heavy atom. The number of nitrogens with one attached hydrogen (secondary N) is 2. The van der Waals surface area contributed by atoms with Crippen molar-refractivity contribution in [1.29, 1.82) is 0 Å². The molecule has 1 aromatic carbocycles. The molecule has 1 saturated heterocycles. The number of hydrogen-bond donors (Lipinski definition) is 2. The van der Waals surface area contributed by atoms with Gasteiger partial charge in [0.05, 0.1) is 19.4 Å². The van der Waals surface area contributed by atoms with Gasteiger partial charge >= 0.3 is 0 Å². The van der Waals surface area contributed by atoms with Crippen LogP contribution in [-0.4, -0.2) is 44.7 Å². The number of morpholine rings is 1. The zero-order valence-corrected chi connectivity index (χ0v) is 11.7. The molecule has 0 bridgehead atoms. The molecule has 0 spiro atoms. The molecular weight excluding hydrogens is 260 g/mol. The SMILES string of the molecule is CNC(=S)N/N=C/c1ccc(N2CCOCC2)cc1. The number of nitrogens with zero attached hydrogens (tertiary/aromatic N) is 2. The molecule has 0 aromatic heterocycles. The predicted octanol–water partition coefficient (Wildman–Crippen LogP) is 0.951. The summed E-state index contributed by atoms with van der Waals surface area (Å²) in [6, 6.07) is 8.28. The zero-order chi connectivity index (χ0) is 13.5. The van der Waals surface area contributed by atoms with Crippen molar-refractivity contribution >= 4 is 29.2 Å². The minimum absolute atomic E-state index is 0.501. The van der Waals surface area contributed by atoms with Crippen molar-refractivity contribution in [3.05, 3.63) is 29.8 Å². The summed E-state index contributed by atoms with van der Waals surface area (Å²) in [5.41, 5.74) is 4.97. The fourth-order valence-corrected chi connectivity index (χ4v) is 1.87. The molecule has 1 aliphatic heterocycles. The van der Waals surface area contributed by atoms with E-state index < -0.39 is 0 Å². The van der Waals surface area contributed by atoms with Gasteiger partial charge in [-0.3, -0.25) is 5.43 Å². The largest absolute Gasteiger partial charge is 0.378 e. The van der Waals surface area contributed by atoms with Crippen molar-refractivity contribution in [2.45, 2.75) is 0 Å². The maximum absolute atomic E-state index is 5.34. The van der Waals surface area contributed by atoms with Gasteiger partial charge in [0.25, 0.3) is 0 Å². The van der Waals surface area contributed by atoms with Crippen molar-refractivity contribution in [3.8, 4) is 0 Å². The fraction of sp³-hybridized carbons (Fsp3) is 0.385. The van der Waals surface area contributed by atoms with Gasteiger partial charge in [-0.1, -0.05) is 12.1 Å². The van der Waals surface area contributed by atoms with Crippen molar-refractivity contribution < 1.29 is 4.74 Å². The molecular formula is C13H18N4OS. The van der Waals surface area contributed by atoms with Crippen LogP contribution in [0.5, 0.6) is 0 Å². The van der Waals surface area contributed by atoms with Crippen LogP contribution in [0.4, 0.5) is 5.69 Å². The van der Waals surface area contributed by atoms with E-state index in [-0.39, 0.29) is 0 Å². The van der Waals surface area contributed by atoms with Gasteiger partial charge in [-0.15, -0.1) is 0 Å². The van der Waals surface area contributed by atoms with Gasteiger partial charge in [-0.25, -0.2) is 0 Å². The smallest absolute Gasteiger partial charge is 0.186 e.